The molecular formula is C18H22N2O3. The Kier molecular flexibility index (Phi) is 7.07. The molecule has 0 saturated heterocycles. The number of carbonyl (C=O) groups is 1. The number of para-hydroxylation sites is 1. The molecule has 0 aliphatic carbocycles. The van der Waals surface area contributed by atoms with Gasteiger partial charge >= 0.3 is 0 Å². The molecule has 0 atom stereocenters. The number of carbonyl (C=O) groups excluding carboxylic acids is 1. The molecule has 0 unspecified atom stereocenters. The second kappa shape index (κ2) is 9.58. The number of rotatable bonds is 9. The van der Waals surface area contributed by atoms with Gasteiger partial charge in [0.25, 0.3) is 0 Å². The van der Waals surface area contributed by atoms with Gasteiger partial charge in [0, 0.05) is 38.4 Å². The molecular weight excluding hydrogens is 292 g/mol. The van der Waals surface area contributed by atoms with Crippen molar-refractivity contribution in [3.8, 4) is 11.6 Å². The Labute approximate surface area is 136 Å². The van der Waals surface area contributed by atoms with Crippen LogP contribution in [0.4, 0.5) is 0 Å². The molecule has 5 nitrogen and oxygen atoms in total. The van der Waals surface area contributed by atoms with Crippen molar-refractivity contribution >= 4 is 5.91 Å². The second-order valence-corrected chi connectivity index (χ2v) is 5.00. The van der Waals surface area contributed by atoms with Gasteiger partial charge < -0.3 is 14.8 Å². The lowest BCUT2D eigenvalue weighted by atomic mass is 10.2. The van der Waals surface area contributed by atoms with Crippen LogP contribution in [0.3, 0.4) is 0 Å². The lowest BCUT2D eigenvalue weighted by Gasteiger charge is -2.07. The summed E-state index contributed by atoms with van der Waals surface area (Å²) in [7, 11) is 0. The Morgan fingerprint density at radius 2 is 2.00 bits per heavy atom. The molecule has 0 aliphatic rings. The number of hydrogen-bond donors (Lipinski definition) is 1. The molecule has 1 amide bonds. The SMILES string of the molecule is CCOCCCC(=O)NCc1ccc(Oc2ccccc2)nc1. The van der Waals surface area contributed by atoms with Crippen molar-refractivity contribution in [2.45, 2.75) is 26.3 Å². The Bertz CT molecular complexity index is 585. The molecule has 0 bridgehead atoms. The monoisotopic (exact) mass is 314 g/mol. The summed E-state index contributed by atoms with van der Waals surface area (Å²) in [5, 5.41) is 2.87. The minimum Gasteiger partial charge on any atom is -0.439 e. The van der Waals surface area contributed by atoms with Crippen LogP contribution in [-0.2, 0) is 16.1 Å². The van der Waals surface area contributed by atoms with Gasteiger partial charge in [0.05, 0.1) is 0 Å². The smallest absolute Gasteiger partial charge is 0.220 e. The molecule has 1 aromatic heterocycles. The molecule has 2 aromatic rings. The first-order valence-electron chi connectivity index (χ1n) is 7.80. The van der Waals surface area contributed by atoms with Crippen molar-refractivity contribution in [3.63, 3.8) is 0 Å². The number of nitrogens with zero attached hydrogens (tertiary/aromatic N) is 1. The minimum atomic E-state index is 0.0225. The molecule has 1 aromatic carbocycles. The van der Waals surface area contributed by atoms with Crippen LogP contribution in [0.25, 0.3) is 0 Å². The first kappa shape index (κ1) is 17.0. The van der Waals surface area contributed by atoms with Crippen LogP contribution in [0.5, 0.6) is 11.6 Å². The van der Waals surface area contributed by atoms with Crippen LogP contribution < -0.4 is 10.1 Å². The number of pyridine rings is 1. The zero-order valence-corrected chi connectivity index (χ0v) is 13.3. The molecule has 0 spiro atoms. The van der Waals surface area contributed by atoms with Crippen LogP contribution in [0.2, 0.25) is 0 Å². The van der Waals surface area contributed by atoms with Gasteiger partial charge in [0.2, 0.25) is 11.8 Å². The highest BCUT2D eigenvalue weighted by Gasteiger charge is 2.03. The van der Waals surface area contributed by atoms with Gasteiger partial charge in [0.1, 0.15) is 5.75 Å². The summed E-state index contributed by atoms with van der Waals surface area (Å²) < 4.78 is 10.8. The van der Waals surface area contributed by atoms with E-state index >= 15 is 0 Å². The Morgan fingerprint density at radius 3 is 2.70 bits per heavy atom. The highest BCUT2D eigenvalue weighted by atomic mass is 16.5. The summed E-state index contributed by atoms with van der Waals surface area (Å²) in [6, 6.07) is 13.2. The largest absolute Gasteiger partial charge is 0.439 e. The quantitative estimate of drug-likeness (QED) is 0.721. The molecule has 2 rings (SSSR count). The van der Waals surface area contributed by atoms with Crippen molar-refractivity contribution in [3.05, 3.63) is 54.2 Å². The third-order valence-electron chi connectivity index (χ3n) is 3.15. The maximum atomic E-state index is 11.7. The van der Waals surface area contributed by atoms with Crippen LogP contribution >= 0.6 is 0 Å². The summed E-state index contributed by atoms with van der Waals surface area (Å²) in [4.78, 5) is 15.9. The van der Waals surface area contributed by atoms with Gasteiger partial charge in [-0.3, -0.25) is 4.79 Å². The lowest BCUT2D eigenvalue weighted by Crippen LogP contribution is -2.22. The number of ether oxygens (including phenoxy) is 2. The number of benzene rings is 1. The molecule has 122 valence electrons. The summed E-state index contributed by atoms with van der Waals surface area (Å²) >= 11 is 0. The number of nitrogens with one attached hydrogen (secondary N) is 1. The van der Waals surface area contributed by atoms with E-state index in [1.807, 2.05) is 43.3 Å². The Morgan fingerprint density at radius 1 is 1.17 bits per heavy atom. The predicted octanol–water partition coefficient (Wildman–Crippen LogP) is 3.31. The van der Waals surface area contributed by atoms with E-state index in [2.05, 4.69) is 10.3 Å². The van der Waals surface area contributed by atoms with E-state index in [4.69, 9.17) is 9.47 Å². The van der Waals surface area contributed by atoms with Gasteiger partial charge in [-0.05, 0) is 31.0 Å². The standard InChI is InChI=1S/C18H22N2O3/c1-2-22-12-6-9-17(21)19-13-15-10-11-18(20-14-15)23-16-7-4-3-5-8-16/h3-5,7-8,10-11,14H,2,6,9,12-13H2,1H3,(H,19,21). The highest BCUT2D eigenvalue weighted by molar-refractivity contribution is 5.75. The van der Waals surface area contributed by atoms with Gasteiger partial charge in [-0.15, -0.1) is 0 Å². The highest BCUT2D eigenvalue weighted by Crippen LogP contribution is 2.18. The Balaban J connectivity index is 1.73. The van der Waals surface area contributed by atoms with E-state index < -0.39 is 0 Å². The number of aromatic nitrogens is 1. The maximum absolute atomic E-state index is 11.7. The van der Waals surface area contributed by atoms with Gasteiger partial charge in [0.15, 0.2) is 0 Å². The summed E-state index contributed by atoms with van der Waals surface area (Å²) in [6.07, 6.45) is 2.92. The van der Waals surface area contributed by atoms with Crippen molar-refractivity contribution in [2.24, 2.45) is 0 Å². The molecule has 23 heavy (non-hydrogen) atoms. The van der Waals surface area contributed by atoms with Gasteiger partial charge in [-0.1, -0.05) is 24.3 Å². The fraction of sp³-hybridized carbons (Fsp3) is 0.333. The summed E-state index contributed by atoms with van der Waals surface area (Å²) in [6.45, 7) is 3.71. The zero-order chi connectivity index (χ0) is 16.3. The first-order chi connectivity index (χ1) is 11.3. The van der Waals surface area contributed by atoms with E-state index in [0.717, 1.165) is 17.7 Å². The van der Waals surface area contributed by atoms with E-state index in [9.17, 15) is 4.79 Å². The number of hydrogen-bond acceptors (Lipinski definition) is 4. The topological polar surface area (TPSA) is 60.5 Å². The zero-order valence-electron chi connectivity index (χ0n) is 13.3. The lowest BCUT2D eigenvalue weighted by molar-refractivity contribution is -0.121. The minimum absolute atomic E-state index is 0.0225. The van der Waals surface area contributed by atoms with E-state index in [0.29, 0.717) is 32.1 Å². The average Bonchev–Trinajstić information content (AvgIpc) is 2.59. The van der Waals surface area contributed by atoms with Gasteiger partial charge in [-0.2, -0.15) is 0 Å². The summed E-state index contributed by atoms with van der Waals surface area (Å²) in [5.74, 6) is 1.30. The normalized spacial score (nSPS) is 10.3. The van der Waals surface area contributed by atoms with E-state index in [1.54, 1.807) is 12.3 Å². The van der Waals surface area contributed by atoms with Crippen LogP contribution in [0.15, 0.2) is 48.7 Å². The molecule has 0 saturated carbocycles. The Hall–Kier alpha value is -2.40. The molecule has 0 aliphatic heterocycles. The molecule has 5 heteroatoms. The summed E-state index contributed by atoms with van der Waals surface area (Å²) in [5.41, 5.74) is 0.934. The second-order valence-electron chi connectivity index (χ2n) is 5.00. The molecule has 1 heterocycles. The number of amides is 1. The van der Waals surface area contributed by atoms with Crippen molar-refractivity contribution in [1.29, 1.82) is 0 Å². The van der Waals surface area contributed by atoms with E-state index in [-0.39, 0.29) is 5.91 Å². The molecule has 0 fully saturated rings. The van der Waals surface area contributed by atoms with Crippen molar-refractivity contribution in [2.75, 3.05) is 13.2 Å². The fourth-order valence-corrected chi connectivity index (χ4v) is 1.95. The predicted molar refractivity (Wildman–Crippen MR) is 88.3 cm³/mol. The average molecular weight is 314 g/mol. The van der Waals surface area contributed by atoms with Crippen LogP contribution in [-0.4, -0.2) is 24.1 Å². The van der Waals surface area contributed by atoms with Crippen LogP contribution in [0.1, 0.15) is 25.3 Å². The third kappa shape index (κ3) is 6.48. The molecule has 1 N–H and O–H groups in total. The third-order valence-corrected chi connectivity index (χ3v) is 3.15. The first-order valence-corrected chi connectivity index (χ1v) is 7.80. The maximum Gasteiger partial charge on any atom is 0.220 e. The van der Waals surface area contributed by atoms with Crippen molar-refractivity contribution in [1.82, 2.24) is 10.3 Å². The van der Waals surface area contributed by atoms with Crippen LogP contribution in [0, 0.1) is 0 Å². The fourth-order valence-electron chi connectivity index (χ4n) is 1.95. The van der Waals surface area contributed by atoms with Crippen molar-refractivity contribution < 1.29 is 14.3 Å². The van der Waals surface area contributed by atoms with E-state index in [1.165, 1.54) is 0 Å². The van der Waals surface area contributed by atoms with Gasteiger partial charge in [-0.25, -0.2) is 4.98 Å². The molecule has 0 radical (unpaired) electrons.